The first kappa shape index (κ1) is 15.7. The summed E-state index contributed by atoms with van der Waals surface area (Å²) in [7, 11) is 0. The summed E-state index contributed by atoms with van der Waals surface area (Å²) in [5.74, 6) is 1.32. The summed E-state index contributed by atoms with van der Waals surface area (Å²) in [5, 5.41) is 9.84. The van der Waals surface area contributed by atoms with Crippen LogP contribution in [0.4, 0.5) is 5.13 Å². The quantitative estimate of drug-likeness (QED) is 0.625. The van der Waals surface area contributed by atoms with Crippen LogP contribution in [0.2, 0.25) is 0 Å². The molecule has 0 atom stereocenters. The summed E-state index contributed by atoms with van der Waals surface area (Å²) < 4.78 is 5.51. The number of hydrogen-bond donors (Lipinski definition) is 0. The van der Waals surface area contributed by atoms with Crippen molar-refractivity contribution in [2.24, 2.45) is 4.99 Å². The van der Waals surface area contributed by atoms with Crippen LogP contribution in [0.5, 0.6) is 0 Å². The molecule has 23 heavy (non-hydrogen) atoms. The van der Waals surface area contributed by atoms with Gasteiger partial charge in [0.25, 0.3) is 5.91 Å². The first-order valence-electron chi connectivity index (χ1n) is 6.84. The SMILES string of the molecule is C=CCN1C(=O)/C(=C\c2ccc(C)o2)SC1=Nc1nnc(C)s1. The molecule has 1 fully saturated rings. The molecule has 8 heteroatoms. The van der Waals surface area contributed by atoms with Crippen molar-refractivity contribution in [1.82, 2.24) is 15.1 Å². The highest BCUT2D eigenvalue weighted by Gasteiger charge is 2.33. The van der Waals surface area contributed by atoms with E-state index in [1.807, 2.05) is 26.0 Å². The van der Waals surface area contributed by atoms with Crippen LogP contribution in [0.25, 0.3) is 6.08 Å². The number of aliphatic imine (C=N–C) groups is 1. The Balaban J connectivity index is 1.93. The number of carbonyl (C=O) groups excluding carboxylic acids is 1. The Labute approximate surface area is 141 Å². The van der Waals surface area contributed by atoms with E-state index < -0.39 is 0 Å². The van der Waals surface area contributed by atoms with Crippen molar-refractivity contribution in [1.29, 1.82) is 0 Å². The van der Waals surface area contributed by atoms with E-state index in [2.05, 4.69) is 21.8 Å². The van der Waals surface area contributed by atoms with Crippen LogP contribution in [0.15, 0.2) is 39.1 Å². The van der Waals surface area contributed by atoms with Crippen LogP contribution in [0.1, 0.15) is 16.5 Å². The summed E-state index contributed by atoms with van der Waals surface area (Å²) >= 11 is 2.67. The summed E-state index contributed by atoms with van der Waals surface area (Å²) in [6.07, 6.45) is 3.39. The highest BCUT2D eigenvalue weighted by atomic mass is 32.2. The highest BCUT2D eigenvalue weighted by Crippen LogP contribution is 2.34. The van der Waals surface area contributed by atoms with Crippen LogP contribution in [-0.2, 0) is 4.79 Å². The third-order valence-electron chi connectivity index (χ3n) is 2.94. The molecule has 0 aliphatic carbocycles. The zero-order chi connectivity index (χ0) is 16.4. The second-order valence-electron chi connectivity index (χ2n) is 4.76. The molecule has 0 saturated carbocycles. The van der Waals surface area contributed by atoms with Crippen LogP contribution in [0.3, 0.4) is 0 Å². The van der Waals surface area contributed by atoms with Gasteiger partial charge in [0, 0.05) is 12.6 Å². The molecule has 6 nitrogen and oxygen atoms in total. The second kappa shape index (κ2) is 6.51. The molecule has 0 aromatic carbocycles. The summed E-state index contributed by atoms with van der Waals surface area (Å²) in [4.78, 5) is 19.1. The summed E-state index contributed by atoms with van der Waals surface area (Å²) in [6, 6.07) is 3.69. The number of carbonyl (C=O) groups is 1. The van der Waals surface area contributed by atoms with E-state index in [1.165, 1.54) is 23.1 Å². The first-order chi connectivity index (χ1) is 11.1. The molecular weight excluding hydrogens is 332 g/mol. The number of thioether (sulfide) groups is 1. The second-order valence-corrected chi connectivity index (χ2v) is 6.93. The molecule has 0 radical (unpaired) electrons. The number of nitrogens with zero attached hydrogens (tertiary/aromatic N) is 4. The number of furan rings is 1. The van der Waals surface area contributed by atoms with Crippen molar-refractivity contribution in [3.63, 3.8) is 0 Å². The zero-order valence-electron chi connectivity index (χ0n) is 12.6. The molecule has 118 valence electrons. The van der Waals surface area contributed by atoms with E-state index in [-0.39, 0.29) is 5.91 Å². The lowest BCUT2D eigenvalue weighted by atomic mass is 10.3. The largest absolute Gasteiger partial charge is 0.462 e. The van der Waals surface area contributed by atoms with Gasteiger partial charge >= 0.3 is 0 Å². The van der Waals surface area contributed by atoms with Gasteiger partial charge in [0.05, 0.1) is 4.91 Å². The van der Waals surface area contributed by atoms with Crippen molar-refractivity contribution in [2.45, 2.75) is 13.8 Å². The monoisotopic (exact) mass is 346 g/mol. The Kier molecular flexibility index (Phi) is 4.44. The zero-order valence-corrected chi connectivity index (χ0v) is 14.3. The van der Waals surface area contributed by atoms with Crippen molar-refractivity contribution < 1.29 is 9.21 Å². The predicted molar refractivity (Wildman–Crippen MR) is 92.7 cm³/mol. The minimum atomic E-state index is -0.121. The van der Waals surface area contributed by atoms with Crippen molar-refractivity contribution in [2.75, 3.05) is 6.54 Å². The van der Waals surface area contributed by atoms with Gasteiger partial charge in [0.1, 0.15) is 16.5 Å². The molecular formula is C15H14N4O2S2. The molecule has 0 N–H and O–H groups in total. The predicted octanol–water partition coefficient (Wildman–Crippen LogP) is 3.54. The van der Waals surface area contributed by atoms with E-state index in [9.17, 15) is 4.79 Å². The number of rotatable bonds is 4. The maximum atomic E-state index is 12.5. The number of amides is 1. The normalized spacial score (nSPS) is 18.3. The van der Waals surface area contributed by atoms with Crippen LogP contribution in [-0.4, -0.2) is 32.7 Å². The molecule has 3 rings (SSSR count). The van der Waals surface area contributed by atoms with Gasteiger partial charge in [-0.15, -0.1) is 16.8 Å². The Hall–Kier alpha value is -2.19. The number of aromatic nitrogens is 2. The molecule has 3 heterocycles. The van der Waals surface area contributed by atoms with Crippen LogP contribution >= 0.6 is 23.1 Å². The molecule has 0 bridgehead atoms. The Morgan fingerprint density at radius 2 is 2.22 bits per heavy atom. The lowest BCUT2D eigenvalue weighted by Gasteiger charge is -2.11. The molecule has 0 unspecified atom stereocenters. The number of amidine groups is 1. The van der Waals surface area contributed by atoms with Crippen molar-refractivity contribution >= 4 is 45.4 Å². The molecule has 1 aliphatic rings. The fraction of sp³-hybridized carbons (Fsp3) is 0.200. The molecule has 1 saturated heterocycles. The van der Waals surface area contributed by atoms with Crippen LogP contribution in [0, 0.1) is 13.8 Å². The lowest BCUT2D eigenvalue weighted by Crippen LogP contribution is -2.29. The van der Waals surface area contributed by atoms with Gasteiger partial charge in [-0.2, -0.15) is 4.99 Å². The topological polar surface area (TPSA) is 71.6 Å². The molecule has 1 amide bonds. The Bertz CT molecular complexity index is 819. The average molecular weight is 346 g/mol. The fourth-order valence-corrected chi connectivity index (χ4v) is 3.54. The van der Waals surface area contributed by atoms with Gasteiger partial charge in [-0.3, -0.25) is 9.69 Å². The summed E-state index contributed by atoms with van der Waals surface area (Å²) in [6.45, 7) is 7.80. The van der Waals surface area contributed by atoms with E-state index >= 15 is 0 Å². The average Bonchev–Trinajstić information content (AvgIpc) is 3.17. The maximum absolute atomic E-state index is 12.5. The van der Waals surface area contributed by atoms with E-state index in [1.54, 1.807) is 17.1 Å². The van der Waals surface area contributed by atoms with Gasteiger partial charge in [0.15, 0.2) is 5.17 Å². The Morgan fingerprint density at radius 1 is 1.39 bits per heavy atom. The molecule has 2 aromatic heterocycles. The van der Waals surface area contributed by atoms with E-state index in [0.717, 1.165) is 10.8 Å². The van der Waals surface area contributed by atoms with Gasteiger partial charge in [-0.1, -0.05) is 17.4 Å². The van der Waals surface area contributed by atoms with E-state index in [0.29, 0.717) is 27.5 Å². The molecule has 0 spiro atoms. The maximum Gasteiger partial charge on any atom is 0.267 e. The van der Waals surface area contributed by atoms with Gasteiger partial charge < -0.3 is 4.42 Å². The number of hydrogen-bond acceptors (Lipinski definition) is 7. The fourth-order valence-electron chi connectivity index (χ4n) is 1.95. The third kappa shape index (κ3) is 3.43. The number of aryl methyl sites for hydroxylation is 2. The molecule has 2 aromatic rings. The minimum Gasteiger partial charge on any atom is -0.462 e. The van der Waals surface area contributed by atoms with Crippen molar-refractivity contribution in [3.8, 4) is 0 Å². The lowest BCUT2D eigenvalue weighted by molar-refractivity contribution is -0.121. The first-order valence-corrected chi connectivity index (χ1v) is 8.47. The van der Waals surface area contributed by atoms with Crippen molar-refractivity contribution in [3.05, 3.63) is 46.2 Å². The standard InChI is InChI=1S/C15H14N4O2S2/c1-4-7-19-13(20)12(8-11-6-5-9(2)21-11)23-15(19)16-14-18-17-10(3)22-14/h4-6,8H,1,7H2,2-3H3/b12-8+,16-15?. The highest BCUT2D eigenvalue weighted by molar-refractivity contribution is 8.18. The summed E-state index contributed by atoms with van der Waals surface area (Å²) in [5.41, 5.74) is 0. The Morgan fingerprint density at radius 3 is 2.83 bits per heavy atom. The van der Waals surface area contributed by atoms with Gasteiger partial charge in [-0.05, 0) is 37.7 Å². The van der Waals surface area contributed by atoms with Gasteiger partial charge in [-0.25, -0.2) is 0 Å². The smallest absolute Gasteiger partial charge is 0.267 e. The van der Waals surface area contributed by atoms with Crippen LogP contribution < -0.4 is 0 Å². The third-order valence-corrected chi connectivity index (χ3v) is 4.68. The van der Waals surface area contributed by atoms with Gasteiger partial charge in [0.2, 0.25) is 5.13 Å². The minimum absolute atomic E-state index is 0.121. The molecule has 1 aliphatic heterocycles. The van der Waals surface area contributed by atoms with E-state index in [4.69, 9.17) is 4.42 Å².